The molecule has 96 valence electrons. The first-order valence-corrected chi connectivity index (χ1v) is 7.48. The molecule has 0 aromatic carbocycles. The van der Waals surface area contributed by atoms with Crippen LogP contribution in [0, 0.1) is 5.92 Å². The van der Waals surface area contributed by atoms with Gasteiger partial charge in [0, 0.05) is 24.5 Å². The molecule has 0 aliphatic carbocycles. The summed E-state index contributed by atoms with van der Waals surface area (Å²) >= 11 is 1.80. The van der Waals surface area contributed by atoms with Crippen LogP contribution in [0.25, 0.3) is 0 Å². The molecule has 0 bridgehead atoms. The fourth-order valence-electron chi connectivity index (χ4n) is 2.41. The molecule has 1 aromatic rings. The highest BCUT2D eigenvalue weighted by molar-refractivity contribution is 7.09. The molecular weight excluding hydrogens is 230 g/mol. The number of thiazole rings is 1. The minimum absolute atomic E-state index is 0.325. The van der Waals surface area contributed by atoms with Gasteiger partial charge in [0.1, 0.15) is 0 Å². The van der Waals surface area contributed by atoms with Gasteiger partial charge in [-0.05, 0) is 38.6 Å². The molecule has 2 N–H and O–H groups in total. The first-order valence-electron chi connectivity index (χ1n) is 6.60. The fourth-order valence-corrected chi connectivity index (χ4v) is 3.31. The molecule has 17 heavy (non-hydrogen) atoms. The smallest absolute Gasteiger partial charge is 0.0928 e. The quantitative estimate of drug-likeness (QED) is 0.875. The molecule has 0 amide bonds. The second kappa shape index (κ2) is 5.94. The van der Waals surface area contributed by atoms with Crippen LogP contribution in [0.5, 0.6) is 0 Å². The SMILES string of the molecule is CCCc1nc(CN2CCC(C(C)N)C2)cs1. The lowest BCUT2D eigenvalue weighted by atomic mass is 10.0. The number of likely N-dealkylation sites (tertiary alicyclic amines) is 1. The summed E-state index contributed by atoms with van der Waals surface area (Å²) in [7, 11) is 0. The standard InChI is InChI=1S/C13H23N3S/c1-3-4-13-15-12(9-17-13)8-16-6-5-11(7-16)10(2)14/h9-11H,3-8,14H2,1-2H3. The highest BCUT2D eigenvalue weighted by Crippen LogP contribution is 2.21. The Balaban J connectivity index is 1.84. The van der Waals surface area contributed by atoms with E-state index >= 15 is 0 Å². The Morgan fingerprint density at radius 1 is 1.65 bits per heavy atom. The third kappa shape index (κ3) is 3.50. The van der Waals surface area contributed by atoms with E-state index < -0.39 is 0 Å². The first kappa shape index (κ1) is 13.0. The zero-order valence-electron chi connectivity index (χ0n) is 10.9. The molecule has 1 aromatic heterocycles. The van der Waals surface area contributed by atoms with Crippen LogP contribution in [-0.4, -0.2) is 29.0 Å². The van der Waals surface area contributed by atoms with Crippen LogP contribution in [0.3, 0.4) is 0 Å². The fraction of sp³-hybridized carbons (Fsp3) is 0.769. The minimum atomic E-state index is 0.325. The molecule has 4 heteroatoms. The van der Waals surface area contributed by atoms with Gasteiger partial charge in [-0.1, -0.05) is 6.92 Å². The maximum atomic E-state index is 5.96. The molecule has 2 rings (SSSR count). The summed E-state index contributed by atoms with van der Waals surface area (Å²) in [5.74, 6) is 0.670. The van der Waals surface area contributed by atoms with Crippen LogP contribution < -0.4 is 5.73 Å². The van der Waals surface area contributed by atoms with Crippen LogP contribution in [0.4, 0.5) is 0 Å². The Labute approximate surface area is 108 Å². The Kier molecular flexibility index (Phi) is 4.54. The summed E-state index contributed by atoms with van der Waals surface area (Å²) in [6, 6.07) is 0.325. The van der Waals surface area contributed by atoms with Crippen LogP contribution in [0.1, 0.15) is 37.4 Å². The van der Waals surface area contributed by atoms with Crippen molar-refractivity contribution in [1.29, 1.82) is 0 Å². The van der Waals surface area contributed by atoms with Gasteiger partial charge >= 0.3 is 0 Å². The largest absolute Gasteiger partial charge is 0.328 e. The Morgan fingerprint density at radius 3 is 3.12 bits per heavy atom. The van der Waals surface area contributed by atoms with Gasteiger partial charge in [-0.25, -0.2) is 4.98 Å². The van der Waals surface area contributed by atoms with E-state index in [-0.39, 0.29) is 0 Å². The van der Waals surface area contributed by atoms with Gasteiger partial charge in [-0.3, -0.25) is 4.90 Å². The zero-order chi connectivity index (χ0) is 12.3. The van der Waals surface area contributed by atoms with Gasteiger partial charge in [-0.15, -0.1) is 11.3 Å². The van der Waals surface area contributed by atoms with Crippen molar-refractivity contribution in [1.82, 2.24) is 9.88 Å². The van der Waals surface area contributed by atoms with Crippen LogP contribution >= 0.6 is 11.3 Å². The maximum absolute atomic E-state index is 5.96. The first-order chi connectivity index (χ1) is 8.19. The van der Waals surface area contributed by atoms with E-state index in [1.54, 1.807) is 11.3 Å². The number of aromatic nitrogens is 1. The van der Waals surface area contributed by atoms with E-state index in [4.69, 9.17) is 5.73 Å². The van der Waals surface area contributed by atoms with Crippen molar-refractivity contribution >= 4 is 11.3 Å². The average molecular weight is 253 g/mol. The van der Waals surface area contributed by atoms with Gasteiger partial charge in [0.05, 0.1) is 10.7 Å². The number of aryl methyl sites for hydroxylation is 1. The van der Waals surface area contributed by atoms with Crippen molar-refractivity contribution in [2.45, 2.75) is 45.7 Å². The van der Waals surface area contributed by atoms with Crippen molar-refractivity contribution in [3.05, 3.63) is 16.1 Å². The lowest BCUT2D eigenvalue weighted by Crippen LogP contribution is -2.29. The van der Waals surface area contributed by atoms with Crippen LogP contribution in [-0.2, 0) is 13.0 Å². The van der Waals surface area contributed by atoms with Gasteiger partial charge in [0.25, 0.3) is 0 Å². The number of rotatable bonds is 5. The molecule has 0 radical (unpaired) electrons. The van der Waals surface area contributed by atoms with Crippen molar-refractivity contribution in [2.75, 3.05) is 13.1 Å². The van der Waals surface area contributed by atoms with Gasteiger partial charge in [0.15, 0.2) is 0 Å². The average Bonchev–Trinajstić information content (AvgIpc) is 2.89. The molecule has 1 aliphatic heterocycles. The maximum Gasteiger partial charge on any atom is 0.0928 e. The number of nitrogens with two attached hydrogens (primary N) is 1. The molecule has 2 unspecified atom stereocenters. The number of nitrogens with zero attached hydrogens (tertiary/aromatic N) is 2. The normalized spacial score (nSPS) is 23.1. The minimum Gasteiger partial charge on any atom is -0.328 e. The summed E-state index contributed by atoms with van der Waals surface area (Å²) in [5.41, 5.74) is 7.20. The summed E-state index contributed by atoms with van der Waals surface area (Å²) in [4.78, 5) is 7.16. The van der Waals surface area contributed by atoms with Crippen LogP contribution in [0.15, 0.2) is 5.38 Å². The zero-order valence-corrected chi connectivity index (χ0v) is 11.7. The lowest BCUT2D eigenvalue weighted by molar-refractivity contribution is 0.305. The summed E-state index contributed by atoms with van der Waals surface area (Å²) in [5, 5.41) is 3.50. The number of hydrogen-bond acceptors (Lipinski definition) is 4. The monoisotopic (exact) mass is 253 g/mol. The van der Waals surface area contributed by atoms with E-state index in [1.165, 1.54) is 30.1 Å². The van der Waals surface area contributed by atoms with Gasteiger partial charge < -0.3 is 5.73 Å². The van der Waals surface area contributed by atoms with E-state index in [0.717, 1.165) is 19.5 Å². The third-order valence-corrected chi connectivity index (χ3v) is 4.46. The topological polar surface area (TPSA) is 42.2 Å². The molecule has 0 saturated carbocycles. The van der Waals surface area contributed by atoms with E-state index in [1.807, 2.05) is 0 Å². The highest BCUT2D eigenvalue weighted by atomic mass is 32.1. The molecule has 2 heterocycles. The van der Waals surface area contributed by atoms with E-state index in [9.17, 15) is 0 Å². The van der Waals surface area contributed by atoms with Crippen molar-refractivity contribution in [3.8, 4) is 0 Å². The molecule has 1 fully saturated rings. The number of hydrogen-bond donors (Lipinski definition) is 1. The van der Waals surface area contributed by atoms with Gasteiger partial charge in [-0.2, -0.15) is 0 Å². The molecule has 0 spiro atoms. The lowest BCUT2D eigenvalue weighted by Gasteiger charge is -2.16. The third-order valence-electron chi connectivity index (χ3n) is 3.50. The predicted molar refractivity (Wildman–Crippen MR) is 73.1 cm³/mol. The summed E-state index contributed by atoms with van der Waals surface area (Å²) in [6.07, 6.45) is 3.54. The Morgan fingerprint density at radius 2 is 2.47 bits per heavy atom. The van der Waals surface area contributed by atoms with Crippen molar-refractivity contribution in [2.24, 2.45) is 11.7 Å². The van der Waals surface area contributed by atoms with E-state index in [2.05, 4.69) is 29.1 Å². The molecule has 1 saturated heterocycles. The Bertz CT molecular complexity index is 348. The highest BCUT2D eigenvalue weighted by Gasteiger charge is 2.25. The second-order valence-corrected chi connectivity index (χ2v) is 6.07. The summed E-state index contributed by atoms with van der Waals surface area (Å²) in [6.45, 7) is 7.64. The van der Waals surface area contributed by atoms with E-state index in [0.29, 0.717) is 12.0 Å². The second-order valence-electron chi connectivity index (χ2n) is 5.13. The Hall–Kier alpha value is -0.450. The predicted octanol–water partition coefficient (Wildman–Crippen LogP) is 2.26. The van der Waals surface area contributed by atoms with Crippen molar-refractivity contribution in [3.63, 3.8) is 0 Å². The molecule has 3 nitrogen and oxygen atoms in total. The van der Waals surface area contributed by atoms with Crippen LogP contribution in [0.2, 0.25) is 0 Å². The molecule has 1 aliphatic rings. The molecule has 2 atom stereocenters. The molecular formula is C13H23N3S. The summed E-state index contributed by atoms with van der Waals surface area (Å²) < 4.78 is 0. The van der Waals surface area contributed by atoms with Gasteiger partial charge in [0.2, 0.25) is 0 Å². The van der Waals surface area contributed by atoms with Crippen molar-refractivity contribution < 1.29 is 0 Å².